The number of halogens is 1. The van der Waals surface area contributed by atoms with Crippen molar-refractivity contribution in [2.24, 2.45) is 0 Å². The first-order chi connectivity index (χ1) is 13.1. The van der Waals surface area contributed by atoms with Gasteiger partial charge in [-0.15, -0.1) is 0 Å². The Bertz CT molecular complexity index is 646. The SMILES string of the molecule is COCC(=O)N(C1CCOCC1)C1CCN(C(=O)Cc2ccc(F)cc2)C1. The van der Waals surface area contributed by atoms with E-state index < -0.39 is 0 Å². The Labute approximate surface area is 159 Å². The van der Waals surface area contributed by atoms with Crippen molar-refractivity contribution in [1.29, 1.82) is 0 Å². The summed E-state index contributed by atoms with van der Waals surface area (Å²) in [7, 11) is 1.52. The van der Waals surface area contributed by atoms with Crippen LogP contribution in [-0.4, -0.2) is 73.7 Å². The van der Waals surface area contributed by atoms with Crippen molar-refractivity contribution in [3.8, 4) is 0 Å². The smallest absolute Gasteiger partial charge is 0.249 e. The summed E-state index contributed by atoms with van der Waals surface area (Å²) in [6.45, 7) is 2.53. The minimum absolute atomic E-state index is 0.00733. The number of hydrogen-bond donors (Lipinski definition) is 0. The fraction of sp³-hybridized carbons (Fsp3) is 0.600. The van der Waals surface area contributed by atoms with Gasteiger partial charge in [0.05, 0.1) is 12.5 Å². The van der Waals surface area contributed by atoms with Crippen LogP contribution in [0.25, 0.3) is 0 Å². The summed E-state index contributed by atoms with van der Waals surface area (Å²) < 4.78 is 23.5. The summed E-state index contributed by atoms with van der Waals surface area (Å²) >= 11 is 0. The topological polar surface area (TPSA) is 59.1 Å². The standard InChI is InChI=1S/C20H27FN2O4/c1-26-14-20(25)23(17-7-10-27-11-8-17)18-6-9-22(13-18)19(24)12-15-2-4-16(21)5-3-15/h2-5,17-18H,6-14H2,1H3. The fourth-order valence-corrected chi connectivity index (χ4v) is 3.95. The number of carbonyl (C=O) groups excluding carboxylic acids is 2. The minimum Gasteiger partial charge on any atom is -0.381 e. The molecule has 3 rings (SSSR count). The Morgan fingerprint density at radius 2 is 1.89 bits per heavy atom. The van der Waals surface area contributed by atoms with E-state index in [1.54, 1.807) is 17.0 Å². The molecule has 148 valence electrons. The summed E-state index contributed by atoms with van der Waals surface area (Å²) in [5.41, 5.74) is 0.793. The lowest BCUT2D eigenvalue weighted by Gasteiger charge is -2.38. The zero-order valence-corrected chi connectivity index (χ0v) is 15.7. The molecule has 0 saturated carbocycles. The Kier molecular flexibility index (Phi) is 6.79. The predicted octanol–water partition coefficient (Wildman–Crippen LogP) is 1.62. The van der Waals surface area contributed by atoms with Gasteiger partial charge in [0, 0.05) is 39.5 Å². The molecule has 2 amide bonds. The second-order valence-corrected chi connectivity index (χ2v) is 7.16. The molecule has 6 nitrogen and oxygen atoms in total. The monoisotopic (exact) mass is 378 g/mol. The zero-order valence-electron chi connectivity index (χ0n) is 15.7. The molecule has 0 radical (unpaired) electrons. The van der Waals surface area contributed by atoms with Crippen LogP contribution in [0.5, 0.6) is 0 Å². The normalized spacial score (nSPS) is 20.7. The van der Waals surface area contributed by atoms with Crippen LogP contribution < -0.4 is 0 Å². The average Bonchev–Trinajstić information content (AvgIpc) is 3.15. The van der Waals surface area contributed by atoms with E-state index in [0.717, 1.165) is 24.8 Å². The molecule has 2 saturated heterocycles. The highest BCUT2D eigenvalue weighted by molar-refractivity contribution is 5.80. The van der Waals surface area contributed by atoms with E-state index in [4.69, 9.17) is 9.47 Å². The van der Waals surface area contributed by atoms with Gasteiger partial charge in [0.15, 0.2) is 0 Å². The Morgan fingerprint density at radius 1 is 1.19 bits per heavy atom. The highest BCUT2D eigenvalue weighted by atomic mass is 19.1. The maximum Gasteiger partial charge on any atom is 0.249 e. The third-order valence-corrected chi connectivity index (χ3v) is 5.32. The molecule has 1 unspecified atom stereocenters. The van der Waals surface area contributed by atoms with Gasteiger partial charge in [0.25, 0.3) is 0 Å². The van der Waals surface area contributed by atoms with Gasteiger partial charge < -0.3 is 19.3 Å². The number of methoxy groups -OCH3 is 1. The summed E-state index contributed by atoms with van der Waals surface area (Å²) in [5.74, 6) is -0.325. The fourth-order valence-electron chi connectivity index (χ4n) is 3.95. The second-order valence-electron chi connectivity index (χ2n) is 7.16. The van der Waals surface area contributed by atoms with E-state index in [0.29, 0.717) is 26.3 Å². The Morgan fingerprint density at radius 3 is 2.56 bits per heavy atom. The molecule has 1 atom stereocenters. The van der Waals surface area contributed by atoms with Gasteiger partial charge in [0.2, 0.25) is 11.8 Å². The maximum atomic E-state index is 13.0. The van der Waals surface area contributed by atoms with E-state index in [2.05, 4.69) is 0 Å². The molecule has 2 aliphatic rings. The number of ether oxygens (including phenoxy) is 2. The molecule has 2 aliphatic heterocycles. The number of rotatable bonds is 6. The van der Waals surface area contributed by atoms with Gasteiger partial charge in [-0.05, 0) is 37.0 Å². The first-order valence-electron chi connectivity index (χ1n) is 9.48. The molecule has 0 aromatic heterocycles. The molecule has 2 heterocycles. The van der Waals surface area contributed by atoms with Crippen LogP contribution in [0, 0.1) is 5.82 Å². The van der Waals surface area contributed by atoms with Gasteiger partial charge >= 0.3 is 0 Å². The highest BCUT2D eigenvalue weighted by Gasteiger charge is 2.37. The van der Waals surface area contributed by atoms with Crippen LogP contribution in [0.3, 0.4) is 0 Å². The highest BCUT2D eigenvalue weighted by Crippen LogP contribution is 2.24. The van der Waals surface area contributed by atoms with Gasteiger partial charge in [-0.2, -0.15) is 0 Å². The molecule has 7 heteroatoms. The van der Waals surface area contributed by atoms with Crippen LogP contribution in [0.15, 0.2) is 24.3 Å². The van der Waals surface area contributed by atoms with E-state index in [1.165, 1.54) is 19.2 Å². The first-order valence-corrected chi connectivity index (χ1v) is 9.48. The van der Waals surface area contributed by atoms with Crippen molar-refractivity contribution in [2.75, 3.05) is 40.0 Å². The minimum atomic E-state index is -0.309. The van der Waals surface area contributed by atoms with Crippen LogP contribution in [0.1, 0.15) is 24.8 Å². The summed E-state index contributed by atoms with van der Waals surface area (Å²) in [4.78, 5) is 29.0. The molecular formula is C20H27FN2O4. The van der Waals surface area contributed by atoms with Gasteiger partial charge in [0.1, 0.15) is 12.4 Å². The molecule has 0 spiro atoms. The van der Waals surface area contributed by atoms with E-state index in [1.807, 2.05) is 4.90 Å². The Balaban J connectivity index is 1.63. The Hall–Kier alpha value is -1.99. The lowest BCUT2D eigenvalue weighted by Crippen LogP contribution is -2.51. The summed E-state index contributed by atoms with van der Waals surface area (Å²) in [6.07, 6.45) is 2.64. The number of benzene rings is 1. The molecule has 1 aromatic carbocycles. The van der Waals surface area contributed by atoms with Crippen molar-refractivity contribution >= 4 is 11.8 Å². The summed E-state index contributed by atoms with van der Waals surface area (Å²) in [6, 6.07) is 6.15. The molecule has 27 heavy (non-hydrogen) atoms. The molecule has 1 aromatic rings. The number of amides is 2. The average molecular weight is 378 g/mol. The number of nitrogens with zero attached hydrogens (tertiary/aromatic N) is 2. The van der Waals surface area contributed by atoms with Crippen molar-refractivity contribution in [3.63, 3.8) is 0 Å². The number of carbonyl (C=O) groups is 2. The quantitative estimate of drug-likeness (QED) is 0.755. The van der Waals surface area contributed by atoms with E-state index in [9.17, 15) is 14.0 Å². The first kappa shape index (κ1) is 19.8. The van der Waals surface area contributed by atoms with Gasteiger partial charge in [-0.25, -0.2) is 4.39 Å². The van der Waals surface area contributed by atoms with E-state index in [-0.39, 0.29) is 42.7 Å². The van der Waals surface area contributed by atoms with Crippen LogP contribution in [-0.2, 0) is 25.5 Å². The van der Waals surface area contributed by atoms with Crippen molar-refractivity contribution < 1.29 is 23.5 Å². The third-order valence-electron chi connectivity index (χ3n) is 5.32. The maximum absolute atomic E-state index is 13.0. The molecule has 0 bridgehead atoms. The molecular weight excluding hydrogens is 351 g/mol. The third kappa shape index (κ3) is 5.05. The number of hydrogen-bond acceptors (Lipinski definition) is 4. The lowest BCUT2D eigenvalue weighted by molar-refractivity contribution is -0.143. The lowest BCUT2D eigenvalue weighted by atomic mass is 10.0. The van der Waals surface area contributed by atoms with E-state index >= 15 is 0 Å². The van der Waals surface area contributed by atoms with Crippen LogP contribution in [0.2, 0.25) is 0 Å². The second kappa shape index (κ2) is 9.28. The van der Waals surface area contributed by atoms with Crippen LogP contribution >= 0.6 is 0 Å². The zero-order chi connectivity index (χ0) is 19.2. The largest absolute Gasteiger partial charge is 0.381 e. The summed E-state index contributed by atoms with van der Waals surface area (Å²) in [5, 5.41) is 0. The van der Waals surface area contributed by atoms with Gasteiger partial charge in [-0.3, -0.25) is 9.59 Å². The van der Waals surface area contributed by atoms with Gasteiger partial charge in [-0.1, -0.05) is 12.1 Å². The van der Waals surface area contributed by atoms with Crippen molar-refractivity contribution in [3.05, 3.63) is 35.6 Å². The van der Waals surface area contributed by atoms with Crippen molar-refractivity contribution in [2.45, 2.75) is 37.8 Å². The predicted molar refractivity (Wildman–Crippen MR) is 97.7 cm³/mol. The molecule has 0 aliphatic carbocycles. The number of likely N-dealkylation sites (tertiary alicyclic amines) is 1. The van der Waals surface area contributed by atoms with Crippen LogP contribution in [0.4, 0.5) is 4.39 Å². The molecule has 2 fully saturated rings. The molecule has 0 N–H and O–H groups in total. The van der Waals surface area contributed by atoms with Crippen molar-refractivity contribution in [1.82, 2.24) is 9.80 Å².